The van der Waals surface area contributed by atoms with Crippen molar-refractivity contribution < 1.29 is 4.74 Å². The molecule has 1 fully saturated rings. The van der Waals surface area contributed by atoms with Crippen LogP contribution in [0.4, 0.5) is 5.13 Å². The standard InChI is InChI=1S/C11H18N2OS.C2H6/c1-2-10-7-13-11(15-10)12-6-9-4-3-5-14-8-9;1-2/h7,9H,2-6,8H2,1H3,(H,12,13);1-2H3. The molecule has 0 saturated carbocycles. The molecule has 0 radical (unpaired) electrons. The van der Waals surface area contributed by atoms with Crippen molar-refractivity contribution in [3.05, 3.63) is 11.1 Å². The fraction of sp³-hybridized carbons (Fsp3) is 0.769. The van der Waals surface area contributed by atoms with Gasteiger partial charge in [-0.25, -0.2) is 4.98 Å². The lowest BCUT2D eigenvalue weighted by Crippen LogP contribution is -2.24. The molecule has 1 aromatic heterocycles. The number of aromatic nitrogens is 1. The van der Waals surface area contributed by atoms with Gasteiger partial charge < -0.3 is 10.1 Å². The molecule has 2 rings (SSSR count). The van der Waals surface area contributed by atoms with Crippen LogP contribution >= 0.6 is 11.3 Å². The fourth-order valence-electron chi connectivity index (χ4n) is 1.75. The third-order valence-corrected chi connectivity index (χ3v) is 3.80. The molecule has 2 heterocycles. The summed E-state index contributed by atoms with van der Waals surface area (Å²) in [6.07, 6.45) is 5.51. The highest BCUT2D eigenvalue weighted by Gasteiger charge is 2.13. The summed E-state index contributed by atoms with van der Waals surface area (Å²) >= 11 is 1.76. The van der Waals surface area contributed by atoms with E-state index in [2.05, 4.69) is 17.2 Å². The molecule has 1 aliphatic heterocycles. The highest BCUT2D eigenvalue weighted by atomic mass is 32.1. The van der Waals surface area contributed by atoms with Gasteiger partial charge in [-0.1, -0.05) is 20.8 Å². The minimum absolute atomic E-state index is 0.660. The van der Waals surface area contributed by atoms with Crippen LogP contribution in [0, 0.1) is 5.92 Å². The summed E-state index contributed by atoms with van der Waals surface area (Å²) < 4.78 is 5.44. The van der Waals surface area contributed by atoms with Gasteiger partial charge in [-0.3, -0.25) is 0 Å². The first-order valence-electron chi connectivity index (χ1n) is 6.65. The third kappa shape index (κ3) is 5.04. The second-order valence-electron chi connectivity index (χ2n) is 3.95. The van der Waals surface area contributed by atoms with Crippen LogP contribution in [-0.2, 0) is 11.2 Å². The molecule has 0 amide bonds. The Bertz CT molecular complexity index is 295. The quantitative estimate of drug-likeness (QED) is 0.894. The van der Waals surface area contributed by atoms with Gasteiger partial charge in [-0.2, -0.15) is 0 Å². The van der Waals surface area contributed by atoms with Gasteiger partial charge in [0, 0.05) is 24.2 Å². The normalized spacial score (nSPS) is 19.4. The second-order valence-corrected chi connectivity index (χ2v) is 5.06. The second kappa shape index (κ2) is 8.48. The van der Waals surface area contributed by atoms with E-state index in [0.717, 1.165) is 31.3 Å². The molecule has 1 aromatic rings. The van der Waals surface area contributed by atoms with Crippen molar-refractivity contribution in [2.45, 2.75) is 40.0 Å². The van der Waals surface area contributed by atoms with Crippen LogP contribution < -0.4 is 5.32 Å². The minimum atomic E-state index is 0.660. The van der Waals surface area contributed by atoms with E-state index in [0.29, 0.717) is 5.92 Å². The largest absolute Gasteiger partial charge is 0.381 e. The maximum atomic E-state index is 5.44. The number of nitrogens with zero attached hydrogens (tertiary/aromatic N) is 1. The summed E-state index contributed by atoms with van der Waals surface area (Å²) in [5, 5.41) is 4.45. The zero-order chi connectivity index (χ0) is 12.5. The molecule has 0 aliphatic carbocycles. The van der Waals surface area contributed by atoms with Crippen LogP contribution in [0.15, 0.2) is 6.20 Å². The molecule has 4 heteroatoms. The predicted molar refractivity (Wildman–Crippen MR) is 74.9 cm³/mol. The number of rotatable bonds is 4. The molecular formula is C13H24N2OS. The Morgan fingerprint density at radius 2 is 2.35 bits per heavy atom. The van der Waals surface area contributed by atoms with E-state index in [1.54, 1.807) is 11.3 Å². The van der Waals surface area contributed by atoms with E-state index in [1.165, 1.54) is 17.7 Å². The van der Waals surface area contributed by atoms with Gasteiger partial charge in [0.25, 0.3) is 0 Å². The Morgan fingerprint density at radius 3 is 2.94 bits per heavy atom. The third-order valence-electron chi connectivity index (χ3n) is 2.70. The smallest absolute Gasteiger partial charge is 0.182 e. The number of nitrogens with one attached hydrogen (secondary N) is 1. The van der Waals surface area contributed by atoms with Crippen LogP contribution in [0.25, 0.3) is 0 Å². The van der Waals surface area contributed by atoms with E-state index in [-0.39, 0.29) is 0 Å². The Balaban J connectivity index is 0.000000686. The van der Waals surface area contributed by atoms with Gasteiger partial charge in [-0.05, 0) is 25.2 Å². The van der Waals surface area contributed by atoms with Crippen LogP contribution in [0.2, 0.25) is 0 Å². The molecule has 0 spiro atoms. The van der Waals surface area contributed by atoms with Crippen molar-refractivity contribution in [2.24, 2.45) is 5.92 Å². The molecule has 1 aliphatic rings. The summed E-state index contributed by atoms with van der Waals surface area (Å²) in [7, 11) is 0. The van der Waals surface area contributed by atoms with E-state index in [9.17, 15) is 0 Å². The summed E-state index contributed by atoms with van der Waals surface area (Å²) in [5.41, 5.74) is 0. The predicted octanol–water partition coefficient (Wildman–Crippen LogP) is 3.57. The lowest BCUT2D eigenvalue weighted by molar-refractivity contribution is 0.0595. The number of aryl methyl sites for hydroxylation is 1. The van der Waals surface area contributed by atoms with E-state index in [4.69, 9.17) is 4.74 Å². The average molecular weight is 256 g/mol. The molecule has 98 valence electrons. The molecule has 3 nitrogen and oxygen atoms in total. The Labute approximate surface area is 109 Å². The molecule has 1 unspecified atom stereocenters. The van der Waals surface area contributed by atoms with Gasteiger partial charge in [0.2, 0.25) is 0 Å². The SMILES string of the molecule is CC.CCc1cnc(NCC2CCCOC2)s1. The van der Waals surface area contributed by atoms with Crippen molar-refractivity contribution in [2.75, 3.05) is 25.1 Å². The number of hydrogen-bond donors (Lipinski definition) is 1. The lowest BCUT2D eigenvalue weighted by atomic mass is 10.0. The van der Waals surface area contributed by atoms with E-state index >= 15 is 0 Å². The van der Waals surface area contributed by atoms with Crippen molar-refractivity contribution >= 4 is 16.5 Å². The first-order chi connectivity index (χ1) is 8.38. The summed E-state index contributed by atoms with van der Waals surface area (Å²) in [6.45, 7) is 9.00. The molecule has 0 bridgehead atoms. The molecule has 1 atom stereocenters. The zero-order valence-electron chi connectivity index (χ0n) is 11.2. The Morgan fingerprint density at radius 1 is 1.53 bits per heavy atom. The number of ether oxygens (including phenoxy) is 1. The minimum Gasteiger partial charge on any atom is -0.381 e. The van der Waals surface area contributed by atoms with Crippen LogP contribution in [0.1, 0.15) is 38.5 Å². The van der Waals surface area contributed by atoms with Gasteiger partial charge in [0.05, 0.1) is 6.61 Å². The molecule has 1 N–H and O–H groups in total. The molecule has 0 aromatic carbocycles. The highest BCUT2D eigenvalue weighted by Crippen LogP contribution is 2.20. The fourth-order valence-corrected chi connectivity index (χ4v) is 2.51. The first-order valence-corrected chi connectivity index (χ1v) is 7.46. The number of anilines is 1. The molecule has 17 heavy (non-hydrogen) atoms. The highest BCUT2D eigenvalue weighted by molar-refractivity contribution is 7.15. The maximum Gasteiger partial charge on any atom is 0.182 e. The van der Waals surface area contributed by atoms with Crippen molar-refractivity contribution in [1.82, 2.24) is 4.98 Å². The summed E-state index contributed by atoms with van der Waals surface area (Å²) in [6, 6.07) is 0. The van der Waals surface area contributed by atoms with Gasteiger partial charge in [0.1, 0.15) is 0 Å². The number of thiazole rings is 1. The van der Waals surface area contributed by atoms with Crippen LogP contribution in [0.3, 0.4) is 0 Å². The van der Waals surface area contributed by atoms with Gasteiger partial charge >= 0.3 is 0 Å². The molecular weight excluding hydrogens is 232 g/mol. The summed E-state index contributed by atoms with van der Waals surface area (Å²) in [4.78, 5) is 5.68. The molecule has 1 saturated heterocycles. The Kier molecular flexibility index (Phi) is 7.21. The lowest BCUT2D eigenvalue weighted by Gasteiger charge is -2.21. The summed E-state index contributed by atoms with van der Waals surface area (Å²) in [5.74, 6) is 0.660. The Hall–Kier alpha value is -0.610. The van der Waals surface area contributed by atoms with Crippen LogP contribution in [-0.4, -0.2) is 24.7 Å². The van der Waals surface area contributed by atoms with E-state index in [1.807, 2.05) is 20.0 Å². The first kappa shape index (κ1) is 14.5. The van der Waals surface area contributed by atoms with Crippen molar-refractivity contribution in [3.8, 4) is 0 Å². The monoisotopic (exact) mass is 256 g/mol. The van der Waals surface area contributed by atoms with Gasteiger partial charge in [0.15, 0.2) is 5.13 Å². The zero-order valence-corrected chi connectivity index (χ0v) is 12.0. The average Bonchev–Trinajstić information content (AvgIpc) is 2.88. The topological polar surface area (TPSA) is 34.2 Å². The van der Waals surface area contributed by atoms with Gasteiger partial charge in [-0.15, -0.1) is 11.3 Å². The van der Waals surface area contributed by atoms with Crippen molar-refractivity contribution in [3.63, 3.8) is 0 Å². The maximum absolute atomic E-state index is 5.44. The van der Waals surface area contributed by atoms with Crippen molar-refractivity contribution in [1.29, 1.82) is 0 Å². The van der Waals surface area contributed by atoms with E-state index < -0.39 is 0 Å². The van der Waals surface area contributed by atoms with Crippen LogP contribution in [0.5, 0.6) is 0 Å². The number of hydrogen-bond acceptors (Lipinski definition) is 4.